The second-order valence-electron chi connectivity index (χ2n) is 5.26. The van der Waals surface area contributed by atoms with Gasteiger partial charge in [-0.25, -0.2) is 4.98 Å². The Bertz CT molecular complexity index is 481. The monoisotopic (exact) mass is 429 g/mol. The molecule has 0 unspecified atom stereocenters. The average Bonchev–Trinajstić information content (AvgIpc) is 2.59. The van der Waals surface area contributed by atoms with Crippen molar-refractivity contribution in [3.8, 4) is 0 Å². The highest BCUT2D eigenvalue weighted by atomic mass is 127. The predicted octanol–water partition coefficient (Wildman–Crippen LogP) is 2.75. The highest BCUT2D eigenvalue weighted by Crippen LogP contribution is 2.12. The van der Waals surface area contributed by atoms with Crippen LogP contribution in [0.1, 0.15) is 20.3 Å². The lowest BCUT2D eigenvalue weighted by Gasteiger charge is -2.37. The number of aromatic nitrogens is 1. The minimum atomic E-state index is 0. The quantitative estimate of drug-likeness (QED) is 0.257. The molecule has 1 aromatic rings. The fourth-order valence-electron chi connectivity index (χ4n) is 2.53. The Morgan fingerprint density at radius 2 is 2.09 bits per heavy atom. The zero-order valence-corrected chi connectivity index (χ0v) is 16.4. The van der Waals surface area contributed by atoms with Crippen LogP contribution in [0.2, 0.25) is 0 Å². The average molecular weight is 429 g/mol. The van der Waals surface area contributed by atoms with Crippen molar-refractivity contribution in [1.29, 1.82) is 0 Å². The van der Waals surface area contributed by atoms with Crippen LogP contribution >= 0.6 is 24.0 Å². The molecule has 2 heterocycles. The number of nitrogens with zero attached hydrogens (tertiary/aromatic N) is 4. The molecular weight excluding hydrogens is 401 g/mol. The summed E-state index contributed by atoms with van der Waals surface area (Å²) in [5.74, 6) is 2.10. The lowest BCUT2D eigenvalue weighted by Crippen LogP contribution is -2.52. The second-order valence-corrected chi connectivity index (χ2v) is 5.26. The highest BCUT2D eigenvalue weighted by Gasteiger charge is 2.20. The minimum Gasteiger partial charge on any atom is -0.357 e. The summed E-state index contributed by atoms with van der Waals surface area (Å²) in [5.41, 5.74) is 0. The van der Waals surface area contributed by atoms with Crippen LogP contribution in [0.15, 0.2) is 41.5 Å². The molecule has 1 saturated heterocycles. The van der Waals surface area contributed by atoms with Gasteiger partial charge in [0.1, 0.15) is 5.82 Å². The summed E-state index contributed by atoms with van der Waals surface area (Å²) in [5, 5.41) is 3.40. The fraction of sp³-hybridized carbons (Fsp3) is 0.529. The molecular formula is C17H28IN5. The van der Waals surface area contributed by atoms with Gasteiger partial charge in [-0.1, -0.05) is 18.2 Å². The van der Waals surface area contributed by atoms with E-state index in [1.807, 2.05) is 25.3 Å². The smallest absolute Gasteiger partial charge is 0.194 e. The van der Waals surface area contributed by atoms with Crippen molar-refractivity contribution in [3.63, 3.8) is 0 Å². The van der Waals surface area contributed by atoms with E-state index in [0.29, 0.717) is 0 Å². The van der Waals surface area contributed by atoms with Gasteiger partial charge in [0.15, 0.2) is 5.96 Å². The van der Waals surface area contributed by atoms with Crippen LogP contribution in [0.25, 0.3) is 0 Å². The number of guanidine groups is 1. The van der Waals surface area contributed by atoms with E-state index in [0.717, 1.165) is 57.5 Å². The van der Waals surface area contributed by atoms with Gasteiger partial charge in [-0.2, -0.15) is 0 Å². The molecule has 1 aliphatic rings. The molecule has 23 heavy (non-hydrogen) atoms. The van der Waals surface area contributed by atoms with Crippen molar-refractivity contribution in [2.75, 3.05) is 44.2 Å². The summed E-state index contributed by atoms with van der Waals surface area (Å²) in [6.45, 7) is 9.83. The Balaban J connectivity index is 0.00000264. The molecule has 0 radical (unpaired) electrons. The first-order valence-electron chi connectivity index (χ1n) is 8.15. The van der Waals surface area contributed by atoms with E-state index in [-0.39, 0.29) is 24.0 Å². The molecule has 0 amide bonds. The summed E-state index contributed by atoms with van der Waals surface area (Å²) in [6, 6.07) is 6.08. The van der Waals surface area contributed by atoms with Crippen LogP contribution in [-0.4, -0.2) is 55.1 Å². The largest absolute Gasteiger partial charge is 0.357 e. The molecule has 1 fully saturated rings. The van der Waals surface area contributed by atoms with E-state index >= 15 is 0 Å². The van der Waals surface area contributed by atoms with Crippen LogP contribution < -0.4 is 10.2 Å². The molecule has 1 N–H and O–H groups in total. The first-order valence-corrected chi connectivity index (χ1v) is 8.15. The molecule has 0 atom stereocenters. The lowest BCUT2D eigenvalue weighted by atomic mass is 10.3. The van der Waals surface area contributed by atoms with Crippen LogP contribution in [-0.2, 0) is 0 Å². The minimum absolute atomic E-state index is 0. The summed E-state index contributed by atoms with van der Waals surface area (Å²) < 4.78 is 0. The number of rotatable bonds is 5. The van der Waals surface area contributed by atoms with Crippen LogP contribution in [0, 0.1) is 0 Å². The fourth-order valence-corrected chi connectivity index (χ4v) is 2.53. The Morgan fingerprint density at radius 1 is 1.30 bits per heavy atom. The van der Waals surface area contributed by atoms with Crippen molar-refractivity contribution in [1.82, 2.24) is 15.2 Å². The number of hydrogen-bond acceptors (Lipinski definition) is 3. The summed E-state index contributed by atoms with van der Waals surface area (Å²) >= 11 is 0. The molecule has 0 spiro atoms. The molecule has 6 heteroatoms. The van der Waals surface area contributed by atoms with E-state index in [1.54, 1.807) is 0 Å². The Morgan fingerprint density at radius 3 is 2.70 bits per heavy atom. The van der Waals surface area contributed by atoms with Gasteiger partial charge in [0, 0.05) is 45.5 Å². The van der Waals surface area contributed by atoms with Crippen LogP contribution in [0.5, 0.6) is 0 Å². The summed E-state index contributed by atoms with van der Waals surface area (Å²) in [4.78, 5) is 13.8. The van der Waals surface area contributed by atoms with Crippen LogP contribution in [0.3, 0.4) is 0 Å². The van der Waals surface area contributed by atoms with E-state index < -0.39 is 0 Å². The maximum absolute atomic E-state index is 4.72. The Hall–Kier alpha value is -1.31. The molecule has 0 aromatic carbocycles. The number of hydrogen-bond donors (Lipinski definition) is 1. The topological polar surface area (TPSA) is 43.8 Å². The molecule has 1 aromatic heterocycles. The van der Waals surface area contributed by atoms with Crippen molar-refractivity contribution in [2.24, 2.45) is 4.99 Å². The summed E-state index contributed by atoms with van der Waals surface area (Å²) in [6.07, 6.45) is 7.09. The van der Waals surface area contributed by atoms with Gasteiger partial charge in [-0.15, -0.1) is 24.0 Å². The lowest BCUT2D eigenvalue weighted by molar-refractivity contribution is 0.371. The molecule has 128 valence electrons. The molecule has 0 saturated carbocycles. The molecule has 0 aliphatic carbocycles. The number of halogens is 1. The Labute approximate surface area is 156 Å². The van der Waals surface area contributed by atoms with E-state index in [9.17, 15) is 0 Å². The molecule has 1 aliphatic heterocycles. The highest BCUT2D eigenvalue weighted by molar-refractivity contribution is 14.0. The van der Waals surface area contributed by atoms with Gasteiger partial charge in [0.25, 0.3) is 0 Å². The van der Waals surface area contributed by atoms with Crippen molar-refractivity contribution in [2.45, 2.75) is 20.3 Å². The van der Waals surface area contributed by atoms with Gasteiger partial charge in [0.2, 0.25) is 0 Å². The predicted molar refractivity (Wildman–Crippen MR) is 109 cm³/mol. The summed E-state index contributed by atoms with van der Waals surface area (Å²) in [7, 11) is 0. The van der Waals surface area contributed by atoms with Crippen LogP contribution in [0.4, 0.5) is 5.82 Å². The van der Waals surface area contributed by atoms with Gasteiger partial charge in [-0.3, -0.25) is 4.99 Å². The number of pyridine rings is 1. The maximum Gasteiger partial charge on any atom is 0.194 e. The van der Waals surface area contributed by atoms with E-state index in [2.05, 4.69) is 45.2 Å². The first kappa shape index (κ1) is 19.7. The molecule has 0 bridgehead atoms. The van der Waals surface area contributed by atoms with Gasteiger partial charge in [0.05, 0.1) is 0 Å². The number of aliphatic imine (C=N–C) groups is 1. The van der Waals surface area contributed by atoms with Crippen molar-refractivity contribution < 1.29 is 0 Å². The number of piperazine rings is 1. The molecule has 5 nitrogen and oxygen atoms in total. The number of anilines is 1. The number of nitrogens with one attached hydrogen (secondary N) is 1. The maximum atomic E-state index is 4.72. The van der Waals surface area contributed by atoms with E-state index in [4.69, 9.17) is 4.99 Å². The van der Waals surface area contributed by atoms with Crippen molar-refractivity contribution in [3.05, 3.63) is 36.5 Å². The van der Waals surface area contributed by atoms with Gasteiger partial charge >= 0.3 is 0 Å². The standard InChI is InChI=1S/C17H27N5.HI/c1-3-5-7-11-20-17(18-4-2)22-14-12-21(13-15-22)16-9-6-8-10-19-16;/h3,5-6,8-10H,4,7,11-15H2,1-2H3,(H,18,20);1H. The third kappa shape index (κ3) is 6.37. The normalized spacial score (nSPS) is 15.7. The number of allylic oxidation sites excluding steroid dienone is 1. The third-order valence-electron chi connectivity index (χ3n) is 3.68. The Kier molecular flexibility index (Phi) is 9.66. The van der Waals surface area contributed by atoms with Gasteiger partial charge in [-0.05, 0) is 32.4 Å². The van der Waals surface area contributed by atoms with Gasteiger partial charge < -0.3 is 15.1 Å². The molecule has 2 rings (SSSR count). The first-order chi connectivity index (χ1) is 10.8. The SMILES string of the molecule is CC=CCCN=C(NCC)N1CCN(c2ccccn2)CC1.I. The van der Waals surface area contributed by atoms with Crippen molar-refractivity contribution >= 4 is 35.8 Å². The van der Waals surface area contributed by atoms with E-state index in [1.165, 1.54) is 0 Å². The zero-order chi connectivity index (χ0) is 15.6. The second kappa shape index (κ2) is 11.3. The zero-order valence-electron chi connectivity index (χ0n) is 14.1. The third-order valence-corrected chi connectivity index (χ3v) is 3.68.